The molecular formula is C42H59ClN2O6Si. The van der Waals surface area contributed by atoms with E-state index in [0.29, 0.717) is 55.4 Å². The molecule has 2 heterocycles. The van der Waals surface area contributed by atoms with E-state index in [2.05, 4.69) is 82.8 Å². The van der Waals surface area contributed by atoms with E-state index < -0.39 is 8.32 Å². The molecule has 3 aromatic rings. The molecule has 1 fully saturated rings. The Morgan fingerprint density at radius 1 is 0.865 bits per heavy atom. The zero-order valence-electron chi connectivity index (χ0n) is 32.2. The number of fused-ring (bicyclic) bond motifs is 1. The molecule has 10 heteroatoms. The fourth-order valence-corrected chi connectivity index (χ4v) is 14.1. The maximum atomic E-state index is 13.9. The van der Waals surface area contributed by atoms with E-state index in [1.54, 1.807) is 12.0 Å². The molecule has 284 valence electrons. The van der Waals surface area contributed by atoms with Gasteiger partial charge in [0.05, 0.1) is 37.6 Å². The van der Waals surface area contributed by atoms with Crippen LogP contribution in [0.4, 0.5) is 10.5 Å². The molecule has 0 saturated carbocycles. The molecule has 2 aliphatic rings. The fraction of sp³-hybridized carbons (Fsp3) is 0.548. The van der Waals surface area contributed by atoms with E-state index in [-0.39, 0.29) is 30.8 Å². The normalized spacial score (nSPS) is 19.2. The summed E-state index contributed by atoms with van der Waals surface area (Å²) in [5.74, 6) is 1.22. The number of nitrogens with zero attached hydrogens (tertiary/aromatic N) is 2. The van der Waals surface area contributed by atoms with Crippen LogP contribution in [0.2, 0.25) is 16.6 Å². The van der Waals surface area contributed by atoms with Gasteiger partial charge in [0.25, 0.3) is 0 Å². The van der Waals surface area contributed by atoms with Crippen molar-refractivity contribution in [1.29, 1.82) is 0 Å². The van der Waals surface area contributed by atoms with Crippen molar-refractivity contribution in [2.75, 3.05) is 51.4 Å². The first kappa shape index (κ1) is 40.1. The van der Waals surface area contributed by atoms with Gasteiger partial charge < -0.3 is 33.2 Å². The van der Waals surface area contributed by atoms with Gasteiger partial charge >= 0.3 is 6.09 Å². The summed E-state index contributed by atoms with van der Waals surface area (Å²) < 4.78 is 31.8. The minimum absolute atomic E-state index is 0.114. The highest BCUT2D eigenvalue weighted by atomic mass is 35.5. The summed E-state index contributed by atoms with van der Waals surface area (Å²) in [5.41, 5.74) is 6.38. The number of hydrogen-bond acceptors (Lipinski definition) is 7. The second-order valence-corrected chi connectivity index (χ2v) is 20.8. The van der Waals surface area contributed by atoms with Gasteiger partial charge in [-0.2, -0.15) is 0 Å². The predicted octanol–water partition coefficient (Wildman–Crippen LogP) is 9.54. The molecule has 3 atom stereocenters. The number of carbonyl (C=O) groups is 1. The topological polar surface area (TPSA) is 69.7 Å². The Hall–Kier alpha value is -3.08. The lowest BCUT2D eigenvalue weighted by atomic mass is 9.84. The molecule has 8 nitrogen and oxygen atoms in total. The van der Waals surface area contributed by atoms with Crippen LogP contribution in [-0.4, -0.2) is 78.0 Å². The van der Waals surface area contributed by atoms with E-state index in [1.807, 2.05) is 36.4 Å². The zero-order valence-corrected chi connectivity index (χ0v) is 33.9. The highest BCUT2D eigenvalue weighted by molar-refractivity contribution is 6.77. The van der Waals surface area contributed by atoms with E-state index in [9.17, 15) is 4.79 Å². The lowest BCUT2D eigenvalue weighted by Crippen LogP contribution is -2.59. The van der Waals surface area contributed by atoms with E-state index in [4.69, 9.17) is 35.0 Å². The molecule has 0 radical (unpaired) electrons. The van der Waals surface area contributed by atoms with Crippen molar-refractivity contribution in [3.63, 3.8) is 0 Å². The number of benzene rings is 3. The van der Waals surface area contributed by atoms with Crippen LogP contribution < -0.4 is 9.64 Å². The standard InChI is InChI=1S/C42H59ClN2O6Si/c1-30(2)52(31(3)4,32(5)6)51-40-27-45(42(46)50-28-34-12-9-8-10-13-34)26-39(41(40)36-17-14-33(25-43)15-18-36)49-29-35-16-19-38-37(24-35)44(21-23-48-38)20-11-22-47-7/h8-10,12-19,24,30-32,39-41H,11,20-23,25-29H2,1-7H3. The molecule has 1 amide bonds. The Balaban J connectivity index is 1.49. The summed E-state index contributed by atoms with van der Waals surface area (Å²) in [7, 11) is -0.642. The van der Waals surface area contributed by atoms with Crippen molar-refractivity contribution < 1.29 is 28.2 Å². The molecular weight excluding hydrogens is 692 g/mol. The second kappa shape index (κ2) is 18.8. The first-order chi connectivity index (χ1) is 25.1. The van der Waals surface area contributed by atoms with E-state index in [1.165, 1.54) is 0 Å². The lowest BCUT2D eigenvalue weighted by Gasteiger charge is -2.50. The number of ether oxygens (including phenoxy) is 4. The Labute approximate surface area is 317 Å². The molecule has 0 aliphatic carbocycles. The number of methoxy groups -OCH3 is 1. The summed E-state index contributed by atoms with van der Waals surface area (Å²) in [5, 5.41) is 0. The number of anilines is 1. The van der Waals surface area contributed by atoms with Gasteiger partial charge in [0.2, 0.25) is 8.32 Å². The molecule has 0 aromatic heterocycles. The number of rotatable bonds is 16. The van der Waals surface area contributed by atoms with Gasteiger partial charge in [0, 0.05) is 38.6 Å². The Bertz CT molecular complexity index is 1530. The summed E-state index contributed by atoms with van der Waals surface area (Å²) >= 11 is 6.24. The highest BCUT2D eigenvalue weighted by Crippen LogP contribution is 2.46. The maximum absolute atomic E-state index is 13.9. The van der Waals surface area contributed by atoms with Crippen molar-refractivity contribution in [2.45, 2.75) is 102 Å². The van der Waals surface area contributed by atoms with Gasteiger partial charge in [0.15, 0.2) is 0 Å². The molecule has 3 aromatic carbocycles. The second-order valence-electron chi connectivity index (χ2n) is 15.2. The Kier molecular flexibility index (Phi) is 14.5. The predicted molar refractivity (Wildman–Crippen MR) is 212 cm³/mol. The molecule has 2 aliphatic heterocycles. The summed E-state index contributed by atoms with van der Waals surface area (Å²) in [6, 6.07) is 24.6. The average molecular weight is 751 g/mol. The van der Waals surface area contributed by atoms with Crippen molar-refractivity contribution >= 4 is 31.7 Å². The van der Waals surface area contributed by atoms with E-state index >= 15 is 0 Å². The highest BCUT2D eigenvalue weighted by Gasteiger charge is 2.51. The van der Waals surface area contributed by atoms with Gasteiger partial charge in [-0.3, -0.25) is 0 Å². The minimum Gasteiger partial charge on any atom is -0.490 e. The summed E-state index contributed by atoms with van der Waals surface area (Å²) in [6.45, 7) is 18.3. The van der Waals surface area contributed by atoms with Crippen LogP contribution in [-0.2, 0) is 37.7 Å². The number of carbonyl (C=O) groups excluding carboxylic acids is 1. The third kappa shape index (κ3) is 9.52. The number of piperidine rings is 1. The van der Waals surface area contributed by atoms with Crippen molar-refractivity contribution in [3.05, 3.63) is 95.1 Å². The third-order valence-corrected chi connectivity index (χ3v) is 17.3. The molecule has 3 unspecified atom stereocenters. The zero-order chi connectivity index (χ0) is 37.3. The Morgan fingerprint density at radius 3 is 2.19 bits per heavy atom. The van der Waals surface area contributed by atoms with Crippen molar-refractivity contribution in [2.24, 2.45) is 0 Å². The molecule has 52 heavy (non-hydrogen) atoms. The third-order valence-electron chi connectivity index (χ3n) is 10.9. The van der Waals surface area contributed by atoms with Crippen LogP contribution >= 0.6 is 11.6 Å². The van der Waals surface area contributed by atoms with Crippen LogP contribution in [0.3, 0.4) is 0 Å². The molecule has 0 bridgehead atoms. The maximum Gasteiger partial charge on any atom is 0.410 e. The van der Waals surface area contributed by atoms with Crippen LogP contribution in [0.25, 0.3) is 0 Å². The van der Waals surface area contributed by atoms with Gasteiger partial charge in [-0.1, -0.05) is 102 Å². The minimum atomic E-state index is -2.38. The first-order valence-electron chi connectivity index (χ1n) is 19.0. The molecule has 5 rings (SSSR count). The van der Waals surface area contributed by atoms with Crippen LogP contribution in [0.15, 0.2) is 72.8 Å². The summed E-state index contributed by atoms with van der Waals surface area (Å²) in [6.07, 6.45) is -0.0651. The van der Waals surface area contributed by atoms with Crippen molar-refractivity contribution in [3.8, 4) is 5.75 Å². The van der Waals surface area contributed by atoms with Crippen LogP contribution in [0.1, 0.15) is 76.1 Å². The molecule has 1 saturated heterocycles. The van der Waals surface area contributed by atoms with Gasteiger partial charge in [-0.05, 0) is 57.4 Å². The number of likely N-dealkylation sites (tertiary alicyclic amines) is 1. The average Bonchev–Trinajstić information content (AvgIpc) is 3.15. The van der Waals surface area contributed by atoms with E-state index in [0.717, 1.165) is 53.2 Å². The van der Waals surface area contributed by atoms with Crippen molar-refractivity contribution in [1.82, 2.24) is 4.90 Å². The SMILES string of the molecule is COCCCN1CCOc2ccc(COC3CN(C(=O)OCc4ccccc4)CC(O[Si](C(C)C)(C(C)C)C(C)C)C3c3ccc(CCl)cc3)cc21. The van der Waals surface area contributed by atoms with Gasteiger partial charge in [0.1, 0.15) is 19.0 Å². The fourth-order valence-electron chi connectivity index (χ4n) is 8.37. The lowest BCUT2D eigenvalue weighted by molar-refractivity contribution is -0.0663. The molecule has 0 N–H and O–H groups in total. The summed E-state index contributed by atoms with van der Waals surface area (Å²) in [4.78, 5) is 18.1. The van der Waals surface area contributed by atoms with Crippen LogP contribution in [0, 0.1) is 0 Å². The first-order valence-corrected chi connectivity index (χ1v) is 21.6. The smallest absolute Gasteiger partial charge is 0.410 e. The molecule has 0 spiro atoms. The monoisotopic (exact) mass is 750 g/mol. The van der Waals surface area contributed by atoms with Gasteiger partial charge in [-0.25, -0.2) is 4.79 Å². The quantitative estimate of drug-likeness (QED) is 0.0821. The van der Waals surface area contributed by atoms with Gasteiger partial charge in [-0.15, -0.1) is 11.6 Å². The van der Waals surface area contributed by atoms with Crippen LogP contribution in [0.5, 0.6) is 5.75 Å². The largest absolute Gasteiger partial charge is 0.490 e. The number of halogens is 1. The Morgan fingerprint density at radius 2 is 1.54 bits per heavy atom. The number of amides is 1. The number of hydrogen-bond donors (Lipinski definition) is 0. The number of alkyl halides is 1.